The van der Waals surface area contributed by atoms with E-state index in [1.54, 1.807) is 6.92 Å². The molecule has 0 radical (unpaired) electrons. The number of benzene rings is 2. The van der Waals surface area contributed by atoms with Crippen molar-refractivity contribution in [2.45, 2.75) is 77.6 Å². The number of hydrogen-bond acceptors (Lipinski definition) is 2. The summed E-state index contributed by atoms with van der Waals surface area (Å²) in [6.07, 6.45) is 11.5. The van der Waals surface area contributed by atoms with E-state index < -0.39 is 28.7 Å². The Hall–Kier alpha value is -2.50. The highest BCUT2D eigenvalue weighted by atomic mass is 19.3. The van der Waals surface area contributed by atoms with Gasteiger partial charge in [-0.15, -0.1) is 0 Å². The van der Waals surface area contributed by atoms with E-state index in [1.807, 2.05) is 0 Å². The number of aryl methyl sites for hydroxylation is 1. The molecule has 1 atom stereocenters. The molecule has 6 heteroatoms. The Balaban J connectivity index is 1.26. The minimum atomic E-state index is -3.77. The van der Waals surface area contributed by atoms with Crippen LogP contribution >= 0.6 is 0 Å². The number of rotatable bonds is 8. The van der Waals surface area contributed by atoms with Crippen molar-refractivity contribution < 1.29 is 27.0 Å². The lowest BCUT2D eigenvalue weighted by Gasteiger charge is -2.35. The van der Waals surface area contributed by atoms with Gasteiger partial charge in [-0.3, -0.25) is 0 Å². The maximum Gasteiger partial charge on any atom is 0.305 e. The molecule has 1 unspecified atom stereocenters. The van der Waals surface area contributed by atoms with Crippen LogP contribution in [-0.4, -0.2) is 13.2 Å². The van der Waals surface area contributed by atoms with Gasteiger partial charge in [0, 0.05) is 6.42 Å². The normalized spacial score (nSPS) is 24.2. The summed E-state index contributed by atoms with van der Waals surface area (Å²) in [6.45, 7) is 4.72. The van der Waals surface area contributed by atoms with Crippen LogP contribution in [0.25, 0.3) is 11.1 Å². The molecule has 2 aromatic rings. The zero-order valence-corrected chi connectivity index (χ0v) is 21.7. The second-order valence-corrected chi connectivity index (χ2v) is 10.8. The molecule has 1 saturated carbocycles. The van der Waals surface area contributed by atoms with Gasteiger partial charge in [0.05, 0.1) is 30.1 Å². The number of ether oxygens (including phenoxy) is 2. The molecule has 200 valence electrons. The highest BCUT2D eigenvalue weighted by Gasteiger charge is 2.50. The standard InChI is InChI=1S/C31H36F4O2/c1-3-5-19-6-8-20(9-7-19)22-11-14-23(37-18-22)13-10-21-12-15-24-25-16-17-26(36-4-2)30(33)28(25)31(34,35)27(24)29(21)32/h12,14-17,19-20,22H,3-11,13,18H2,1-2H3. The van der Waals surface area contributed by atoms with Gasteiger partial charge in [-0.05, 0) is 85.3 Å². The van der Waals surface area contributed by atoms with Crippen molar-refractivity contribution in [1.82, 2.24) is 0 Å². The minimum Gasteiger partial charge on any atom is -0.498 e. The average Bonchev–Trinajstić information content (AvgIpc) is 3.14. The molecular weight excluding hydrogens is 480 g/mol. The first kappa shape index (κ1) is 26.1. The van der Waals surface area contributed by atoms with Crippen molar-refractivity contribution >= 4 is 0 Å². The number of fused-ring (bicyclic) bond motifs is 3. The van der Waals surface area contributed by atoms with Crippen LogP contribution in [0.4, 0.5) is 17.6 Å². The Bertz CT molecular complexity index is 1160. The van der Waals surface area contributed by atoms with Gasteiger partial charge in [0.2, 0.25) is 0 Å². The number of halogens is 4. The Labute approximate surface area is 217 Å². The largest absolute Gasteiger partial charge is 0.498 e. The summed E-state index contributed by atoms with van der Waals surface area (Å²) in [6, 6.07) is 5.73. The second-order valence-electron chi connectivity index (χ2n) is 10.8. The van der Waals surface area contributed by atoms with Gasteiger partial charge in [-0.2, -0.15) is 8.78 Å². The Morgan fingerprint density at radius 1 is 0.892 bits per heavy atom. The molecule has 3 aliphatic rings. The molecule has 2 aliphatic carbocycles. The third-order valence-electron chi connectivity index (χ3n) is 8.57. The Morgan fingerprint density at radius 2 is 1.59 bits per heavy atom. The average molecular weight is 517 g/mol. The van der Waals surface area contributed by atoms with Crippen molar-refractivity contribution in [3.05, 3.63) is 64.4 Å². The van der Waals surface area contributed by atoms with E-state index in [9.17, 15) is 4.39 Å². The van der Waals surface area contributed by atoms with Crippen molar-refractivity contribution in [3.63, 3.8) is 0 Å². The molecule has 1 heterocycles. The molecule has 0 aromatic heterocycles. The molecule has 0 amide bonds. The monoisotopic (exact) mass is 516 g/mol. The second kappa shape index (κ2) is 10.7. The van der Waals surface area contributed by atoms with Crippen molar-refractivity contribution in [1.29, 1.82) is 0 Å². The van der Waals surface area contributed by atoms with Crippen LogP contribution in [0.3, 0.4) is 0 Å². The third kappa shape index (κ3) is 4.88. The molecular formula is C31H36F4O2. The number of alkyl halides is 2. The summed E-state index contributed by atoms with van der Waals surface area (Å²) in [7, 11) is 0. The number of hydrogen-bond donors (Lipinski definition) is 0. The fraction of sp³-hybridized carbons (Fsp3) is 0.548. The van der Waals surface area contributed by atoms with Gasteiger partial charge in [0.1, 0.15) is 5.82 Å². The molecule has 0 N–H and O–H groups in total. The van der Waals surface area contributed by atoms with Crippen LogP contribution < -0.4 is 4.74 Å². The summed E-state index contributed by atoms with van der Waals surface area (Å²) in [5.41, 5.74) is -1.31. The van der Waals surface area contributed by atoms with Gasteiger partial charge < -0.3 is 9.47 Å². The zero-order valence-electron chi connectivity index (χ0n) is 21.7. The molecule has 0 bridgehead atoms. The molecule has 1 fully saturated rings. The van der Waals surface area contributed by atoms with E-state index in [0.717, 1.165) is 18.1 Å². The van der Waals surface area contributed by atoms with E-state index in [2.05, 4.69) is 13.0 Å². The lowest BCUT2D eigenvalue weighted by Crippen LogP contribution is -2.27. The molecule has 5 rings (SSSR count). The van der Waals surface area contributed by atoms with Gasteiger partial charge in [-0.25, -0.2) is 8.78 Å². The van der Waals surface area contributed by atoms with E-state index in [-0.39, 0.29) is 35.5 Å². The highest BCUT2D eigenvalue weighted by Crippen LogP contribution is 2.54. The third-order valence-corrected chi connectivity index (χ3v) is 8.57. The van der Waals surface area contributed by atoms with Crippen molar-refractivity contribution in [3.8, 4) is 16.9 Å². The quantitative estimate of drug-likeness (QED) is 0.326. The van der Waals surface area contributed by atoms with Crippen LogP contribution in [0.2, 0.25) is 0 Å². The molecule has 0 saturated heterocycles. The summed E-state index contributed by atoms with van der Waals surface area (Å²) < 4.78 is 72.3. The van der Waals surface area contributed by atoms with Crippen molar-refractivity contribution in [2.24, 2.45) is 17.8 Å². The van der Waals surface area contributed by atoms with Crippen LogP contribution in [0.1, 0.15) is 81.9 Å². The predicted octanol–water partition coefficient (Wildman–Crippen LogP) is 8.94. The van der Waals surface area contributed by atoms with E-state index in [1.165, 1.54) is 62.8 Å². The fourth-order valence-electron chi connectivity index (χ4n) is 6.57. The Kier molecular flexibility index (Phi) is 7.56. The van der Waals surface area contributed by atoms with E-state index in [0.29, 0.717) is 24.9 Å². The molecule has 1 aliphatic heterocycles. The topological polar surface area (TPSA) is 18.5 Å². The molecule has 0 spiro atoms. The first-order valence-corrected chi connectivity index (χ1v) is 13.8. The van der Waals surface area contributed by atoms with Gasteiger partial charge in [0.25, 0.3) is 0 Å². The first-order valence-electron chi connectivity index (χ1n) is 13.8. The molecule has 2 nitrogen and oxygen atoms in total. The van der Waals surface area contributed by atoms with E-state index >= 15 is 13.2 Å². The summed E-state index contributed by atoms with van der Waals surface area (Å²) in [5, 5.41) is 0. The lowest BCUT2D eigenvalue weighted by atomic mass is 9.73. The van der Waals surface area contributed by atoms with E-state index in [4.69, 9.17) is 9.47 Å². The summed E-state index contributed by atoms with van der Waals surface area (Å²) in [5.74, 6) is -3.20. The van der Waals surface area contributed by atoms with Crippen molar-refractivity contribution in [2.75, 3.05) is 13.2 Å². The summed E-state index contributed by atoms with van der Waals surface area (Å²) in [4.78, 5) is 0. The molecule has 2 aromatic carbocycles. The zero-order chi connectivity index (χ0) is 26.2. The smallest absolute Gasteiger partial charge is 0.305 e. The SMILES string of the molecule is CCCC1CCC(C2CC=C(CCc3ccc4c(c3F)C(F)(F)c3c-4ccc(OCC)c3F)OC2)CC1. The lowest BCUT2D eigenvalue weighted by molar-refractivity contribution is 0.0397. The summed E-state index contributed by atoms with van der Waals surface area (Å²) >= 11 is 0. The van der Waals surface area contributed by atoms with Gasteiger partial charge in [-0.1, -0.05) is 44.7 Å². The van der Waals surface area contributed by atoms with Crippen LogP contribution in [-0.2, 0) is 17.1 Å². The first-order chi connectivity index (χ1) is 17.8. The van der Waals surface area contributed by atoms with Crippen LogP contribution in [0, 0.1) is 29.4 Å². The maximum atomic E-state index is 15.5. The van der Waals surface area contributed by atoms with Gasteiger partial charge in [0.15, 0.2) is 11.6 Å². The van der Waals surface area contributed by atoms with Crippen LogP contribution in [0.15, 0.2) is 36.1 Å². The Morgan fingerprint density at radius 3 is 2.24 bits per heavy atom. The minimum absolute atomic E-state index is 0.0134. The number of allylic oxidation sites excluding steroid dienone is 2. The molecule has 37 heavy (non-hydrogen) atoms. The predicted molar refractivity (Wildman–Crippen MR) is 137 cm³/mol. The van der Waals surface area contributed by atoms with Crippen LogP contribution in [0.5, 0.6) is 5.75 Å². The maximum absolute atomic E-state index is 15.5. The fourth-order valence-corrected chi connectivity index (χ4v) is 6.57. The highest BCUT2D eigenvalue weighted by molar-refractivity contribution is 5.81. The van der Waals surface area contributed by atoms with Gasteiger partial charge >= 0.3 is 5.92 Å².